The van der Waals surface area contributed by atoms with Crippen LogP contribution < -0.4 is 15.8 Å². The number of nitrogens with one attached hydrogen (secondary N) is 1. The lowest BCUT2D eigenvalue weighted by Gasteiger charge is -2.37. The van der Waals surface area contributed by atoms with E-state index in [0.717, 1.165) is 49.8 Å². The fourth-order valence-electron chi connectivity index (χ4n) is 4.05. The van der Waals surface area contributed by atoms with E-state index in [-0.39, 0.29) is 17.4 Å². The SMILES string of the molecule is CC1(N)CCCCC1C(=O)NCc1ccccc1OC1CCCC1. The maximum absolute atomic E-state index is 12.6. The Hall–Kier alpha value is -1.55. The van der Waals surface area contributed by atoms with Crippen LogP contribution in [0, 0.1) is 5.92 Å². The first-order chi connectivity index (χ1) is 11.6. The molecular weight excluding hydrogens is 300 g/mol. The van der Waals surface area contributed by atoms with Crippen molar-refractivity contribution in [1.29, 1.82) is 0 Å². The molecule has 2 unspecified atom stereocenters. The second-order valence-electron chi connectivity index (χ2n) is 7.65. The molecule has 2 aliphatic carbocycles. The minimum atomic E-state index is -0.387. The van der Waals surface area contributed by atoms with Crippen LogP contribution in [0.15, 0.2) is 24.3 Å². The third kappa shape index (κ3) is 4.10. The van der Waals surface area contributed by atoms with Gasteiger partial charge in [0, 0.05) is 17.6 Å². The average Bonchev–Trinajstić information content (AvgIpc) is 3.06. The molecular formula is C20H30N2O2. The number of carbonyl (C=O) groups excluding carboxylic acids is 1. The molecule has 0 saturated heterocycles. The third-order valence-electron chi connectivity index (χ3n) is 5.59. The first kappa shape index (κ1) is 17.3. The zero-order valence-corrected chi connectivity index (χ0v) is 14.7. The predicted octanol–water partition coefficient (Wildman–Crippen LogP) is 3.53. The molecule has 2 saturated carbocycles. The molecule has 1 amide bonds. The van der Waals surface area contributed by atoms with Crippen LogP contribution in [0.2, 0.25) is 0 Å². The highest BCUT2D eigenvalue weighted by Crippen LogP contribution is 2.32. The van der Waals surface area contributed by atoms with Crippen molar-refractivity contribution in [2.45, 2.75) is 76.5 Å². The Morgan fingerprint density at radius 2 is 1.92 bits per heavy atom. The van der Waals surface area contributed by atoms with Crippen LogP contribution in [0.4, 0.5) is 0 Å². The van der Waals surface area contributed by atoms with Gasteiger partial charge in [-0.3, -0.25) is 4.79 Å². The Bertz CT molecular complexity index is 565. The average molecular weight is 330 g/mol. The van der Waals surface area contributed by atoms with Crippen LogP contribution in [0.3, 0.4) is 0 Å². The summed E-state index contributed by atoms with van der Waals surface area (Å²) in [4.78, 5) is 12.6. The highest BCUT2D eigenvalue weighted by molar-refractivity contribution is 5.80. The van der Waals surface area contributed by atoms with Crippen molar-refractivity contribution in [3.8, 4) is 5.75 Å². The highest BCUT2D eigenvalue weighted by Gasteiger charge is 2.37. The summed E-state index contributed by atoms with van der Waals surface area (Å²) in [7, 11) is 0. The van der Waals surface area contributed by atoms with Gasteiger partial charge in [-0.05, 0) is 51.5 Å². The first-order valence-corrected chi connectivity index (χ1v) is 9.37. The van der Waals surface area contributed by atoms with Gasteiger partial charge >= 0.3 is 0 Å². The Labute approximate surface area is 145 Å². The van der Waals surface area contributed by atoms with Gasteiger partial charge in [0.1, 0.15) is 5.75 Å². The molecule has 3 rings (SSSR count). The number of rotatable bonds is 5. The standard InChI is InChI=1S/C20H30N2O2/c1-20(21)13-7-6-11-17(20)19(23)22-14-15-8-2-5-12-18(15)24-16-9-3-4-10-16/h2,5,8,12,16-17H,3-4,6-7,9-11,13-14,21H2,1H3,(H,22,23). The molecule has 1 aromatic carbocycles. The van der Waals surface area contributed by atoms with Gasteiger partial charge in [0.2, 0.25) is 5.91 Å². The lowest BCUT2D eigenvalue weighted by Crippen LogP contribution is -2.52. The lowest BCUT2D eigenvalue weighted by atomic mass is 9.74. The summed E-state index contributed by atoms with van der Waals surface area (Å²) in [5, 5.41) is 3.09. The van der Waals surface area contributed by atoms with E-state index in [4.69, 9.17) is 10.5 Å². The van der Waals surface area contributed by atoms with Crippen molar-refractivity contribution in [3.63, 3.8) is 0 Å². The minimum Gasteiger partial charge on any atom is -0.490 e. The molecule has 0 aliphatic heterocycles. The van der Waals surface area contributed by atoms with Crippen molar-refractivity contribution < 1.29 is 9.53 Å². The molecule has 0 bridgehead atoms. The van der Waals surface area contributed by atoms with Crippen LogP contribution in [-0.2, 0) is 11.3 Å². The van der Waals surface area contributed by atoms with E-state index in [2.05, 4.69) is 5.32 Å². The zero-order chi connectivity index (χ0) is 17.0. The molecule has 0 heterocycles. The summed E-state index contributed by atoms with van der Waals surface area (Å²) < 4.78 is 6.15. The molecule has 0 radical (unpaired) electrons. The number of para-hydroxylation sites is 1. The van der Waals surface area contributed by atoms with Crippen molar-refractivity contribution >= 4 is 5.91 Å². The van der Waals surface area contributed by atoms with Gasteiger partial charge in [-0.15, -0.1) is 0 Å². The van der Waals surface area contributed by atoms with Crippen LogP contribution >= 0.6 is 0 Å². The summed E-state index contributed by atoms with van der Waals surface area (Å²) in [5.41, 5.74) is 7.01. The van der Waals surface area contributed by atoms with E-state index in [9.17, 15) is 4.79 Å². The van der Waals surface area contributed by atoms with E-state index in [0.29, 0.717) is 12.6 Å². The summed E-state index contributed by atoms with van der Waals surface area (Å²) >= 11 is 0. The molecule has 2 aliphatic rings. The molecule has 0 aromatic heterocycles. The van der Waals surface area contributed by atoms with Gasteiger partial charge in [-0.2, -0.15) is 0 Å². The van der Waals surface area contributed by atoms with Gasteiger partial charge < -0.3 is 15.8 Å². The molecule has 2 atom stereocenters. The number of hydrogen-bond donors (Lipinski definition) is 2. The van der Waals surface area contributed by atoms with E-state index in [1.54, 1.807) is 0 Å². The van der Waals surface area contributed by atoms with Crippen molar-refractivity contribution in [2.75, 3.05) is 0 Å². The molecule has 2 fully saturated rings. The fraction of sp³-hybridized carbons (Fsp3) is 0.650. The van der Waals surface area contributed by atoms with Gasteiger partial charge in [-0.25, -0.2) is 0 Å². The Kier molecular flexibility index (Phi) is 5.44. The smallest absolute Gasteiger partial charge is 0.225 e. The maximum atomic E-state index is 12.6. The van der Waals surface area contributed by atoms with E-state index in [1.165, 1.54) is 12.8 Å². The number of nitrogens with two attached hydrogens (primary N) is 1. The Morgan fingerprint density at radius 3 is 2.67 bits per heavy atom. The second-order valence-corrected chi connectivity index (χ2v) is 7.65. The second kappa shape index (κ2) is 7.56. The van der Waals surface area contributed by atoms with Crippen molar-refractivity contribution in [2.24, 2.45) is 11.7 Å². The molecule has 24 heavy (non-hydrogen) atoms. The van der Waals surface area contributed by atoms with Crippen molar-refractivity contribution in [1.82, 2.24) is 5.32 Å². The van der Waals surface area contributed by atoms with Gasteiger partial charge in [0.25, 0.3) is 0 Å². The van der Waals surface area contributed by atoms with E-state index < -0.39 is 0 Å². The predicted molar refractivity (Wildman–Crippen MR) is 95.7 cm³/mol. The fourth-order valence-corrected chi connectivity index (χ4v) is 4.05. The Balaban J connectivity index is 1.60. The molecule has 0 spiro atoms. The normalized spacial score (nSPS) is 27.8. The zero-order valence-electron chi connectivity index (χ0n) is 14.7. The van der Waals surface area contributed by atoms with Crippen LogP contribution in [-0.4, -0.2) is 17.6 Å². The molecule has 1 aromatic rings. The minimum absolute atomic E-state index is 0.0790. The number of amides is 1. The maximum Gasteiger partial charge on any atom is 0.225 e. The van der Waals surface area contributed by atoms with Crippen molar-refractivity contribution in [3.05, 3.63) is 29.8 Å². The topological polar surface area (TPSA) is 64.4 Å². The highest BCUT2D eigenvalue weighted by atomic mass is 16.5. The number of carbonyl (C=O) groups is 1. The first-order valence-electron chi connectivity index (χ1n) is 9.37. The molecule has 4 nitrogen and oxygen atoms in total. The number of hydrogen-bond acceptors (Lipinski definition) is 3. The van der Waals surface area contributed by atoms with Crippen LogP contribution in [0.1, 0.15) is 63.9 Å². The summed E-state index contributed by atoms with van der Waals surface area (Å²) in [5.74, 6) is 0.897. The summed E-state index contributed by atoms with van der Waals surface area (Å²) in [6.07, 6.45) is 9.11. The summed E-state index contributed by atoms with van der Waals surface area (Å²) in [6.45, 7) is 2.52. The third-order valence-corrected chi connectivity index (χ3v) is 5.59. The molecule has 132 valence electrons. The quantitative estimate of drug-likeness (QED) is 0.868. The van der Waals surface area contributed by atoms with E-state index >= 15 is 0 Å². The van der Waals surface area contributed by atoms with Crippen LogP contribution in [0.25, 0.3) is 0 Å². The summed E-state index contributed by atoms with van der Waals surface area (Å²) in [6, 6.07) is 8.03. The number of ether oxygens (including phenoxy) is 1. The molecule has 4 heteroatoms. The molecule has 3 N–H and O–H groups in total. The largest absolute Gasteiger partial charge is 0.490 e. The van der Waals surface area contributed by atoms with Gasteiger partial charge in [0.15, 0.2) is 0 Å². The number of benzene rings is 1. The van der Waals surface area contributed by atoms with E-state index in [1.807, 2.05) is 31.2 Å². The lowest BCUT2D eigenvalue weighted by molar-refractivity contribution is -0.128. The monoisotopic (exact) mass is 330 g/mol. The van der Waals surface area contributed by atoms with Gasteiger partial charge in [-0.1, -0.05) is 31.0 Å². The van der Waals surface area contributed by atoms with Gasteiger partial charge in [0.05, 0.1) is 12.0 Å². The van der Waals surface area contributed by atoms with Crippen LogP contribution in [0.5, 0.6) is 5.75 Å². The Morgan fingerprint density at radius 1 is 1.21 bits per heavy atom.